The molecule has 0 saturated heterocycles. The van der Waals surface area contributed by atoms with E-state index in [9.17, 15) is 9.59 Å². The fraction of sp³-hybridized carbons (Fsp3) is 0.455. The molecule has 1 fully saturated rings. The Morgan fingerprint density at radius 2 is 2.07 bits per heavy atom. The minimum absolute atomic E-state index is 0.128. The van der Waals surface area contributed by atoms with Crippen molar-refractivity contribution in [3.8, 4) is 0 Å². The molecule has 74 valence electrons. The summed E-state index contributed by atoms with van der Waals surface area (Å²) in [4.78, 5) is 22.3. The van der Waals surface area contributed by atoms with Gasteiger partial charge in [-0.1, -0.05) is 6.08 Å². The maximum Gasteiger partial charge on any atom is 0.331 e. The summed E-state index contributed by atoms with van der Waals surface area (Å²) in [5, 5.41) is 8.79. The SMILES string of the molecule is O=C(O)C1=CC(C(=O)C2CC2)=CCC1. The van der Waals surface area contributed by atoms with Crippen molar-refractivity contribution < 1.29 is 14.7 Å². The number of carbonyl (C=O) groups excluding carboxylic acids is 1. The number of hydrogen-bond donors (Lipinski definition) is 1. The summed E-state index contributed by atoms with van der Waals surface area (Å²) < 4.78 is 0. The van der Waals surface area contributed by atoms with E-state index in [1.807, 2.05) is 6.08 Å². The molecule has 0 aromatic carbocycles. The molecule has 2 rings (SSSR count). The third-order valence-electron chi connectivity index (χ3n) is 2.62. The van der Waals surface area contributed by atoms with Crippen LogP contribution >= 0.6 is 0 Å². The number of aliphatic carboxylic acids is 1. The smallest absolute Gasteiger partial charge is 0.331 e. The lowest BCUT2D eigenvalue weighted by Gasteiger charge is -2.09. The molecule has 2 aliphatic carbocycles. The highest BCUT2D eigenvalue weighted by Gasteiger charge is 2.31. The molecule has 0 spiro atoms. The Kier molecular flexibility index (Phi) is 2.23. The minimum atomic E-state index is -0.904. The molecule has 14 heavy (non-hydrogen) atoms. The van der Waals surface area contributed by atoms with Crippen molar-refractivity contribution in [3.05, 3.63) is 23.3 Å². The predicted molar refractivity (Wildman–Crippen MR) is 50.8 cm³/mol. The van der Waals surface area contributed by atoms with E-state index in [2.05, 4.69) is 0 Å². The van der Waals surface area contributed by atoms with Gasteiger partial charge in [-0.15, -0.1) is 0 Å². The summed E-state index contributed by atoms with van der Waals surface area (Å²) >= 11 is 0. The van der Waals surface area contributed by atoms with Crippen LogP contribution in [0, 0.1) is 5.92 Å². The minimum Gasteiger partial charge on any atom is -0.478 e. The number of Topliss-reactive ketones (excluding diaryl/α,β-unsaturated/α-hetero) is 1. The van der Waals surface area contributed by atoms with E-state index in [1.165, 1.54) is 6.08 Å². The second-order valence-electron chi connectivity index (χ2n) is 3.81. The van der Waals surface area contributed by atoms with Gasteiger partial charge in [0, 0.05) is 17.1 Å². The van der Waals surface area contributed by atoms with Crippen LogP contribution in [-0.2, 0) is 9.59 Å². The maximum atomic E-state index is 11.6. The molecule has 2 aliphatic rings. The van der Waals surface area contributed by atoms with Gasteiger partial charge in [0.25, 0.3) is 0 Å². The summed E-state index contributed by atoms with van der Waals surface area (Å²) in [5.74, 6) is -0.603. The number of ketones is 1. The van der Waals surface area contributed by atoms with Crippen LogP contribution < -0.4 is 0 Å². The van der Waals surface area contributed by atoms with Crippen LogP contribution in [0.3, 0.4) is 0 Å². The molecule has 0 heterocycles. The third kappa shape index (κ3) is 1.76. The second-order valence-corrected chi connectivity index (χ2v) is 3.81. The first-order valence-electron chi connectivity index (χ1n) is 4.86. The van der Waals surface area contributed by atoms with Crippen molar-refractivity contribution in [1.82, 2.24) is 0 Å². The van der Waals surface area contributed by atoms with E-state index in [1.54, 1.807) is 0 Å². The van der Waals surface area contributed by atoms with Crippen molar-refractivity contribution in [2.75, 3.05) is 0 Å². The molecule has 0 amide bonds. The third-order valence-corrected chi connectivity index (χ3v) is 2.62. The van der Waals surface area contributed by atoms with Gasteiger partial charge < -0.3 is 5.11 Å². The topological polar surface area (TPSA) is 54.4 Å². The van der Waals surface area contributed by atoms with Crippen LogP contribution in [0.25, 0.3) is 0 Å². The number of hydrogen-bond acceptors (Lipinski definition) is 2. The summed E-state index contributed by atoms with van der Waals surface area (Å²) in [6.45, 7) is 0. The Morgan fingerprint density at radius 3 is 2.64 bits per heavy atom. The Balaban J connectivity index is 2.15. The van der Waals surface area contributed by atoms with Gasteiger partial charge in [-0.25, -0.2) is 4.79 Å². The Morgan fingerprint density at radius 1 is 1.36 bits per heavy atom. The average Bonchev–Trinajstić information content (AvgIpc) is 3.00. The van der Waals surface area contributed by atoms with Crippen molar-refractivity contribution in [1.29, 1.82) is 0 Å². The van der Waals surface area contributed by atoms with Gasteiger partial charge in [-0.05, 0) is 31.8 Å². The van der Waals surface area contributed by atoms with Crippen LogP contribution in [0.5, 0.6) is 0 Å². The summed E-state index contributed by atoms with van der Waals surface area (Å²) in [6.07, 6.45) is 6.53. The molecule has 0 aromatic rings. The fourth-order valence-electron chi connectivity index (χ4n) is 1.62. The maximum absolute atomic E-state index is 11.6. The second kappa shape index (κ2) is 3.40. The molecule has 0 aromatic heterocycles. The molecule has 0 bridgehead atoms. The van der Waals surface area contributed by atoms with E-state index >= 15 is 0 Å². The summed E-state index contributed by atoms with van der Waals surface area (Å²) in [7, 11) is 0. The first kappa shape index (κ1) is 9.19. The zero-order chi connectivity index (χ0) is 10.1. The van der Waals surface area contributed by atoms with Gasteiger partial charge >= 0.3 is 5.97 Å². The zero-order valence-corrected chi connectivity index (χ0v) is 7.82. The lowest BCUT2D eigenvalue weighted by molar-refractivity contribution is -0.132. The van der Waals surface area contributed by atoms with Crippen LogP contribution in [0.15, 0.2) is 23.3 Å². The quantitative estimate of drug-likeness (QED) is 0.740. The number of carboxylic acid groups (broad SMARTS) is 1. The molecule has 1 N–H and O–H groups in total. The van der Waals surface area contributed by atoms with E-state index in [0.717, 1.165) is 12.8 Å². The monoisotopic (exact) mass is 192 g/mol. The number of carboxylic acids is 1. The van der Waals surface area contributed by atoms with Crippen LogP contribution in [0.1, 0.15) is 25.7 Å². The number of allylic oxidation sites excluding steroid dienone is 3. The Hall–Kier alpha value is -1.38. The first-order chi connectivity index (χ1) is 6.68. The van der Waals surface area contributed by atoms with Crippen molar-refractivity contribution in [2.24, 2.45) is 5.92 Å². The highest BCUT2D eigenvalue weighted by molar-refractivity contribution is 6.03. The molecule has 0 atom stereocenters. The normalized spacial score (nSPS) is 21.1. The van der Waals surface area contributed by atoms with Gasteiger partial charge in [0.2, 0.25) is 0 Å². The highest BCUT2D eigenvalue weighted by Crippen LogP contribution is 2.34. The molecular formula is C11H12O3. The number of carbonyl (C=O) groups is 2. The van der Waals surface area contributed by atoms with Gasteiger partial charge in [0.15, 0.2) is 5.78 Å². The van der Waals surface area contributed by atoms with Gasteiger partial charge in [0.05, 0.1) is 0 Å². The van der Waals surface area contributed by atoms with Gasteiger partial charge in [-0.3, -0.25) is 4.79 Å². The molecule has 0 radical (unpaired) electrons. The molecule has 0 unspecified atom stereocenters. The van der Waals surface area contributed by atoms with Crippen molar-refractivity contribution >= 4 is 11.8 Å². The Bertz CT molecular complexity index is 346. The van der Waals surface area contributed by atoms with Gasteiger partial charge in [0.1, 0.15) is 0 Å². The zero-order valence-electron chi connectivity index (χ0n) is 7.82. The van der Waals surface area contributed by atoms with Gasteiger partial charge in [-0.2, -0.15) is 0 Å². The predicted octanol–water partition coefficient (Wildman–Crippen LogP) is 1.70. The van der Waals surface area contributed by atoms with Crippen molar-refractivity contribution in [3.63, 3.8) is 0 Å². The molecule has 3 heteroatoms. The van der Waals surface area contributed by atoms with E-state index < -0.39 is 5.97 Å². The van der Waals surface area contributed by atoms with Crippen LogP contribution in [0.2, 0.25) is 0 Å². The fourth-order valence-corrected chi connectivity index (χ4v) is 1.62. The molecule has 3 nitrogen and oxygen atoms in total. The molecule has 0 aliphatic heterocycles. The number of rotatable bonds is 3. The van der Waals surface area contributed by atoms with Crippen LogP contribution in [0.4, 0.5) is 0 Å². The summed E-state index contributed by atoms with van der Waals surface area (Å²) in [5.41, 5.74) is 0.965. The first-order valence-corrected chi connectivity index (χ1v) is 4.86. The van der Waals surface area contributed by atoms with E-state index in [4.69, 9.17) is 5.11 Å². The molecule has 1 saturated carbocycles. The lowest BCUT2D eigenvalue weighted by atomic mass is 9.95. The van der Waals surface area contributed by atoms with E-state index in [0.29, 0.717) is 24.0 Å². The highest BCUT2D eigenvalue weighted by atomic mass is 16.4. The van der Waals surface area contributed by atoms with Crippen molar-refractivity contribution in [2.45, 2.75) is 25.7 Å². The largest absolute Gasteiger partial charge is 0.478 e. The van der Waals surface area contributed by atoms with Crippen LogP contribution in [-0.4, -0.2) is 16.9 Å². The Labute approximate surface area is 82.1 Å². The average molecular weight is 192 g/mol. The standard InChI is InChI=1S/C11H12O3/c12-10(7-4-5-7)8-2-1-3-9(6-8)11(13)14/h2,6-7H,1,3-5H2,(H,13,14). The lowest BCUT2D eigenvalue weighted by Crippen LogP contribution is -2.10. The summed E-state index contributed by atoms with van der Waals surface area (Å²) in [6, 6.07) is 0. The molecular weight excluding hydrogens is 180 g/mol. The van der Waals surface area contributed by atoms with E-state index in [-0.39, 0.29) is 11.7 Å².